The van der Waals surface area contributed by atoms with E-state index in [0.717, 1.165) is 24.3 Å². The molecule has 0 heterocycles. The van der Waals surface area contributed by atoms with E-state index in [0.29, 0.717) is 0 Å². The first kappa shape index (κ1) is 19.4. The summed E-state index contributed by atoms with van der Waals surface area (Å²) in [5, 5.41) is 9.05. The summed E-state index contributed by atoms with van der Waals surface area (Å²) < 4.78 is 63.1. The van der Waals surface area contributed by atoms with Gasteiger partial charge in [-0.25, -0.2) is 8.42 Å². The standard InChI is InChI=1S/C14H18F3NO4S/c1-9(2)7-12(13(19)20)18-23(21,22)11-5-3-10(4-6-11)8-14(15,16)17/h3-6,9,12,18H,7-8H2,1-2H3,(H,19,20)/t12-/m0/s1. The number of carboxylic acid groups (broad SMARTS) is 1. The van der Waals surface area contributed by atoms with Gasteiger partial charge in [-0.15, -0.1) is 0 Å². The average Bonchev–Trinajstić information content (AvgIpc) is 2.35. The van der Waals surface area contributed by atoms with Crippen molar-refractivity contribution in [1.29, 1.82) is 0 Å². The van der Waals surface area contributed by atoms with Crippen molar-refractivity contribution in [1.82, 2.24) is 4.72 Å². The van der Waals surface area contributed by atoms with Gasteiger partial charge in [0.25, 0.3) is 0 Å². The second kappa shape index (κ2) is 7.31. The number of sulfonamides is 1. The van der Waals surface area contributed by atoms with E-state index < -0.39 is 34.6 Å². The van der Waals surface area contributed by atoms with Gasteiger partial charge < -0.3 is 5.11 Å². The van der Waals surface area contributed by atoms with E-state index in [1.165, 1.54) is 0 Å². The summed E-state index contributed by atoms with van der Waals surface area (Å²) >= 11 is 0. The van der Waals surface area contributed by atoms with Crippen molar-refractivity contribution in [2.75, 3.05) is 0 Å². The van der Waals surface area contributed by atoms with Gasteiger partial charge in [0.15, 0.2) is 0 Å². The van der Waals surface area contributed by atoms with Crippen LogP contribution < -0.4 is 4.72 Å². The Morgan fingerprint density at radius 1 is 1.22 bits per heavy atom. The molecular weight excluding hydrogens is 335 g/mol. The van der Waals surface area contributed by atoms with Gasteiger partial charge in [0, 0.05) is 0 Å². The van der Waals surface area contributed by atoms with Gasteiger partial charge in [0.05, 0.1) is 11.3 Å². The lowest BCUT2D eigenvalue weighted by Crippen LogP contribution is -2.41. The average molecular weight is 353 g/mol. The van der Waals surface area contributed by atoms with Crippen LogP contribution in [0.1, 0.15) is 25.8 Å². The van der Waals surface area contributed by atoms with Crippen molar-refractivity contribution in [3.8, 4) is 0 Å². The molecule has 1 atom stereocenters. The van der Waals surface area contributed by atoms with Crippen LogP contribution in [-0.4, -0.2) is 31.7 Å². The molecule has 23 heavy (non-hydrogen) atoms. The lowest BCUT2D eigenvalue weighted by molar-refractivity contribution is -0.139. The van der Waals surface area contributed by atoms with Crippen LogP contribution >= 0.6 is 0 Å². The van der Waals surface area contributed by atoms with E-state index >= 15 is 0 Å². The number of hydrogen-bond acceptors (Lipinski definition) is 3. The molecule has 130 valence electrons. The topological polar surface area (TPSA) is 83.5 Å². The molecule has 5 nitrogen and oxygen atoms in total. The predicted molar refractivity (Wildman–Crippen MR) is 77.4 cm³/mol. The first-order valence-electron chi connectivity index (χ1n) is 6.81. The van der Waals surface area contributed by atoms with Crippen LogP contribution in [0.3, 0.4) is 0 Å². The summed E-state index contributed by atoms with van der Waals surface area (Å²) in [6.07, 6.45) is -5.45. The Labute approximate surface area is 132 Å². The molecule has 0 aromatic heterocycles. The number of alkyl halides is 3. The van der Waals surface area contributed by atoms with Crippen molar-refractivity contribution in [3.05, 3.63) is 29.8 Å². The number of rotatable bonds is 7. The third-order valence-corrected chi connectivity index (χ3v) is 4.43. The molecule has 0 unspecified atom stereocenters. The number of nitrogens with one attached hydrogen (secondary N) is 1. The Kier molecular flexibility index (Phi) is 6.18. The van der Waals surface area contributed by atoms with Gasteiger partial charge in [-0.05, 0) is 30.0 Å². The van der Waals surface area contributed by atoms with Gasteiger partial charge in [-0.1, -0.05) is 26.0 Å². The normalized spacial score (nSPS) is 14.0. The number of benzene rings is 1. The summed E-state index contributed by atoms with van der Waals surface area (Å²) in [6.45, 7) is 3.49. The monoisotopic (exact) mass is 353 g/mol. The number of carboxylic acids is 1. The van der Waals surface area contributed by atoms with Gasteiger partial charge in [-0.3, -0.25) is 4.79 Å². The zero-order valence-electron chi connectivity index (χ0n) is 12.6. The highest BCUT2D eigenvalue weighted by Crippen LogP contribution is 2.22. The molecular formula is C14H18F3NO4S. The van der Waals surface area contributed by atoms with Crippen LogP contribution in [0.4, 0.5) is 13.2 Å². The fraction of sp³-hybridized carbons (Fsp3) is 0.500. The zero-order chi connectivity index (χ0) is 17.8. The lowest BCUT2D eigenvalue weighted by atomic mass is 10.1. The molecule has 1 rings (SSSR count). The Morgan fingerprint density at radius 3 is 2.13 bits per heavy atom. The maximum atomic E-state index is 12.3. The number of aliphatic carboxylic acids is 1. The minimum atomic E-state index is -4.38. The quantitative estimate of drug-likeness (QED) is 0.789. The largest absolute Gasteiger partial charge is 0.480 e. The maximum absolute atomic E-state index is 12.3. The Balaban J connectivity index is 2.93. The van der Waals surface area contributed by atoms with Crippen LogP contribution in [0.25, 0.3) is 0 Å². The van der Waals surface area contributed by atoms with Crippen LogP contribution in [-0.2, 0) is 21.2 Å². The van der Waals surface area contributed by atoms with E-state index in [4.69, 9.17) is 5.11 Å². The SMILES string of the molecule is CC(C)C[C@H](NS(=O)(=O)c1ccc(CC(F)(F)F)cc1)C(=O)O. The maximum Gasteiger partial charge on any atom is 0.393 e. The molecule has 1 aromatic carbocycles. The van der Waals surface area contributed by atoms with Gasteiger partial charge in [-0.2, -0.15) is 17.9 Å². The minimum Gasteiger partial charge on any atom is -0.480 e. The third-order valence-electron chi connectivity index (χ3n) is 2.94. The van der Waals surface area contributed by atoms with Crippen molar-refractivity contribution in [3.63, 3.8) is 0 Å². The van der Waals surface area contributed by atoms with Crippen LogP contribution in [0.2, 0.25) is 0 Å². The molecule has 0 aliphatic carbocycles. The van der Waals surface area contributed by atoms with E-state index in [1.54, 1.807) is 13.8 Å². The highest BCUT2D eigenvalue weighted by molar-refractivity contribution is 7.89. The molecule has 0 amide bonds. The first-order chi connectivity index (χ1) is 10.4. The smallest absolute Gasteiger partial charge is 0.393 e. The minimum absolute atomic E-state index is 0.0482. The van der Waals surface area contributed by atoms with Gasteiger partial charge in [0.2, 0.25) is 10.0 Å². The van der Waals surface area contributed by atoms with Crippen LogP contribution in [0.15, 0.2) is 29.2 Å². The second-order valence-electron chi connectivity index (χ2n) is 5.58. The summed E-state index contributed by atoms with van der Waals surface area (Å²) in [7, 11) is -4.12. The molecule has 2 N–H and O–H groups in total. The summed E-state index contributed by atoms with van der Waals surface area (Å²) in [4.78, 5) is 10.8. The molecule has 0 spiro atoms. The highest BCUT2D eigenvalue weighted by atomic mass is 32.2. The highest BCUT2D eigenvalue weighted by Gasteiger charge is 2.29. The summed E-state index contributed by atoms with van der Waals surface area (Å²) in [5.74, 6) is -1.36. The zero-order valence-corrected chi connectivity index (χ0v) is 13.4. The number of hydrogen-bond donors (Lipinski definition) is 2. The van der Waals surface area contributed by atoms with Crippen molar-refractivity contribution < 1.29 is 31.5 Å². The van der Waals surface area contributed by atoms with E-state index in [9.17, 15) is 26.4 Å². The van der Waals surface area contributed by atoms with Crippen molar-refractivity contribution in [2.24, 2.45) is 5.92 Å². The number of carbonyl (C=O) groups is 1. The van der Waals surface area contributed by atoms with Crippen LogP contribution in [0, 0.1) is 5.92 Å². The summed E-state index contributed by atoms with van der Waals surface area (Å²) in [5.41, 5.74) is -0.0755. The van der Waals surface area contributed by atoms with Crippen molar-refractivity contribution in [2.45, 2.75) is 43.8 Å². The summed E-state index contributed by atoms with van der Waals surface area (Å²) in [6, 6.07) is 2.87. The second-order valence-corrected chi connectivity index (χ2v) is 7.29. The lowest BCUT2D eigenvalue weighted by Gasteiger charge is -2.16. The molecule has 0 saturated heterocycles. The fourth-order valence-corrected chi connectivity index (χ4v) is 3.15. The predicted octanol–water partition coefficient (Wildman–Crippen LogP) is 2.57. The molecule has 0 radical (unpaired) electrons. The first-order valence-corrected chi connectivity index (χ1v) is 8.30. The van der Waals surface area contributed by atoms with Gasteiger partial charge >= 0.3 is 12.1 Å². The van der Waals surface area contributed by atoms with E-state index in [2.05, 4.69) is 4.72 Å². The van der Waals surface area contributed by atoms with Crippen molar-refractivity contribution >= 4 is 16.0 Å². The fourth-order valence-electron chi connectivity index (χ4n) is 1.94. The molecule has 0 aliphatic rings. The van der Waals surface area contributed by atoms with E-state index in [-0.39, 0.29) is 22.8 Å². The Morgan fingerprint density at radius 2 is 1.74 bits per heavy atom. The molecule has 1 aromatic rings. The van der Waals surface area contributed by atoms with Gasteiger partial charge in [0.1, 0.15) is 6.04 Å². The van der Waals surface area contributed by atoms with Crippen LogP contribution in [0.5, 0.6) is 0 Å². The molecule has 0 aliphatic heterocycles. The Bertz CT molecular complexity index is 639. The molecule has 0 bridgehead atoms. The molecule has 9 heteroatoms. The van der Waals surface area contributed by atoms with E-state index in [1.807, 2.05) is 0 Å². The number of halogens is 3. The third kappa shape index (κ3) is 6.57. The molecule has 0 fully saturated rings. The Hall–Kier alpha value is -1.61. The molecule has 0 saturated carbocycles.